The Hall–Kier alpha value is -0.960. The van der Waals surface area contributed by atoms with Gasteiger partial charge in [-0.05, 0) is 49.7 Å². The lowest BCUT2D eigenvalue weighted by molar-refractivity contribution is -0.137. The Bertz CT molecular complexity index is 701. The number of fused-ring (bicyclic) bond motifs is 1. The summed E-state index contributed by atoms with van der Waals surface area (Å²) < 4.78 is 25.6. The quantitative estimate of drug-likeness (QED) is 0.858. The van der Waals surface area contributed by atoms with Gasteiger partial charge in [0.25, 0.3) is 0 Å². The van der Waals surface area contributed by atoms with Crippen molar-refractivity contribution in [1.29, 1.82) is 0 Å². The van der Waals surface area contributed by atoms with Gasteiger partial charge in [0, 0.05) is 30.6 Å². The fraction of sp³-hybridized carbons (Fsp3) is 0.688. The van der Waals surface area contributed by atoms with Crippen LogP contribution in [-0.4, -0.2) is 62.1 Å². The molecule has 0 unspecified atom stereocenters. The van der Waals surface area contributed by atoms with Crippen molar-refractivity contribution in [3.05, 3.63) is 21.9 Å². The van der Waals surface area contributed by atoms with E-state index < -0.39 is 10.0 Å². The van der Waals surface area contributed by atoms with Crippen LogP contribution in [0.15, 0.2) is 11.4 Å². The Morgan fingerprint density at radius 1 is 1.42 bits per heavy atom. The van der Waals surface area contributed by atoms with Crippen LogP contribution in [0, 0.1) is 0 Å². The molecule has 1 aromatic rings. The van der Waals surface area contributed by atoms with E-state index in [-0.39, 0.29) is 18.0 Å². The van der Waals surface area contributed by atoms with Crippen molar-refractivity contribution < 1.29 is 13.2 Å². The maximum Gasteiger partial charge on any atom is 0.239 e. The SMILES string of the molecule is C[C@@H](C(=O)N1CCc2sccc2C1)N1CCC[C@@H](NS(C)(=O)=O)C1. The molecule has 8 heteroatoms. The molecule has 0 bridgehead atoms. The van der Waals surface area contributed by atoms with Gasteiger partial charge in [-0.3, -0.25) is 9.69 Å². The fourth-order valence-corrected chi connectivity index (χ4v) is 5.30. The lowest BCUT2D eigenvalue weighted by atomic mass is 10.0. The number of nitrogens with one attached hydrogen (secondary N) is 1. The zero-order valence-corrected chi connectivity index (χ0v) is 15.8. The van der Waals surface area contributed by atoms with Crippen molar-refractivity contribution in [2.45, 2.75) is 44.8 Å². The highest BCUT2D eigenvalue weighted by atomic mass is 32.2. The number of piperidine rings is 1. The summed E-state index contributed by atoms with van der Waals surface area (Å²) in [6.07, 6.45) is 3.85. The van der Waals surface area contributed by atoms with Crippen molar-refractivity contribution in [1.82, 2.24) is 14.5 Å². The summed E-state index contributed by atoms with van der Waals surface area (Å²) >= 11 is 1.77. The van der Waals surface area contributed by atoms with Crippen LogP contribution < -0.4 is 4.72 Å². The first kappa shape index (κ1) is 17.8. The minimum absolute atomic E-state index is 0.103. The van der Waals surface area contributed by atoms with E-state index in [0.717, 1.165) is 32.4 Å². The number of carbonyl (C=O) groups is 1. The molecule has 134 valence electrons. The molecule has 6 nitrogen and oxygen atoms in total. The highest BCUT2D eigenvalue weighted by Gasteiger charge is 2.32. The molecule has 2 aliphatic heterocycles. The number of likely N-dealkylation sites (tertiary alicyclic amines) is 1. The Balaban J connectivity index is 1.61. The Morgan fingerprint density at radius 3 is 2.96 bits per heavy atom. The molecule has 0 radical (unpaired) electrons. The van der Waals surface area contributed by atoms with Gasteiger partial charge in [-0.25, -0.2) is 13.1 Å². The molecule has 0 spiro atoms. The van der Waals surface area contributed by atoms with E-state index in [1.54, 1.807) is 11.3 Å². The lowest BCUT2D eigenvalue weighted by Crippen LogP contribution is -2.55. The molecule has 1 fully saturated rings. The van der Waals surface area contributed by atoms with Gasteiger partial charge in [-0.2, -0.15) is 0 Å². The van der Waals surface area contributed by atoms with Crippen LogP contribution in [0.4, 0.5) is 0 Å². The second kappa shape index (κ2) is 7.11. The van der Waals surface area contributed by atoms with Crippen molar-refractivity contribution >= 4 is 27.3 Å². The van der Waals surface area contributed by atoms with E-state index in [4.69, 9.17) is 0 Å². The molecule has 1 saturated heterocycles. The molecule has 1 amide bonds. The van der Waals surface area contributed by atoms with Gasteiger partial charge < -0.3 is 4.90 Å². The third kappa shape index (κ3) is 4.17. The summed E-state index contributed by atoms with van der Waals surface area (Å²) in [5, 5.41) is 2.09. The summed E-state index contributed by atoms with van der Waals surface area (Å²) in [4.78, 5) is 18.3. The van der Waals surface area contributed by atoms with Gasteiger partial charge in [-0.1, -0.05) is 0 Å². The van der Waals surface area contributed by atoms with Gasteiger partial charge in [0.1, 0.15) is 0 Å². The molecule has 0 aliphatic carbocycles. The van der Waals surface area contributed by atoms with Crippen LogP contribution in [0.2, 0.25) is 0 Å². The van der Waals surface area contributed by atoms with Gasteiger partial charge in [0.05, 0.1) is 12.3 Å². The third-order valence-corrected chi connectivity index (χ3v) is 6.64. The highest BCUT2D eigenvalue weighted by Crippen LogP contribution is 2.25. The normalized spacial score (nSPS) is 23.8. The van der Waals surface area contributed by atoms with Crippen LogP contribution in [0.3, 0.4) is 0 Å². The summed E-state index contributed by atoms with van der Waals surface area (Å²) in [6, 6.07) is 1.79. The molecule has 3 rings (SSSR count). The molecule has 24 heavy (non-hydrogen) atoms. The zero-order chi connectivity index (χ0) is 17.3. The number of carbonyl (C=O) groups excluding carboxylic acids is 1. The minimum atomic E-state index is -3.21. The predicted octanol–water partition coefficient (Wildman–Crippen LogP) is 1.03. The number of hydrogen-bond acceptors (Lipinski definition) is 5. The summed E-state index contributed by atoms with van der Waals surface area (Å²) in [5.41, 5.74) is 1.27. The van der Waals surface area contributed by atoms with Crippen LogP contribution in [0.25, 0.3) is 0 Å². The molecule has 3 heterocycles. The monoisotopic (exact) mass is 371 g/mol. The van der Waals surface area contributed by atoms with Gasteiger partial charge >= 0.3 is 0 Å². The van der Waals surface area contributed by atoms with Crippen molar-refractivity contribution in [2.75, 3.05) is 25.9 Å². The zero-order valence-electron chi connectivity index (χ0n) is 14.2. The van der Waals surface area contributed by atoms with E-state index in [1.807, 2.05) is 11.8 Å². The van der Waals surface area contributed by atoms with Crippen LogP contribution in [0.1, 0.15) is 30.2 Å². The summed E-state index contributed by atoms with van der Waals surface area (Å²) in [7, 11) is -3.21. The Morgan fingerprint density at radius 2 is 2.21 bits per heavy atom. The van der Waals surface area contributed by atoms with Crippen molar-refractivity contribution in [3.8, 4) is 0 Å². The second-order valence-corrected chi connectivity index (χ2v) is 9.56. The largest absolute Gasteiger partial charge is 0.337 e. The van der Waals surface area contributed by atoms with Crippen molar-refractivity contribution in [2.24, 2.45) is 0 Å². The van der Waals surface area contributed by atoms with Crippen LogP contribution in [-0.2, 0) is 27.8 Å². The van der Waals surface area contributed by atoms with Crippen LogP contribution >= 0.6 is 11.3 Å². The van der Waals surface area contributed by atoms with E-state index in [9.17, 15) is 13.2 Å². The van der Waals surface area contributed by atoms with Gasteiger partial charge in [0.15, 0.2) is 0 Å². The molecule has 2 aliphatic rings. The number of rotatable bonds is 4. The fourth-order valence-electron chi connectivity index (χ4n) is 3.61. The molecule has 1 N–H and O–H groups in total. The van der Waals surface area contributed by atoms with Crippen molar-refractivity contribution in [3.63, 3.8) is 0 Å². The number of sulfonamides is 1. The third-order valence-electron chi connectivity index (χ3n) is 4.86. The summed E-state index contributed by atoms with van der Waals surface area (Å²) in [6.45, 7) is 4.84. The average molecular weight is 372 g/mol. The molecular weight excluding hydrogens is 346 g/mol. The topological polar surface area (TPSA) is 69.7 Å². The van der Waals surface area contributed by atoms with E-state index >= 15 is 0 Å². The maximum atomic E-state index is 12.9. The first-order valence-corrected chi connectivity index (χ1v) is 11.2. The molecule has 2 atom stereocenters. The number of thiophene rings is 1. The smallest absolute Gasteiger partial charge is 0.239 e. The lowest BCUT2D eigenvalue weighted by Gasteiger charge is -2.38. The molecule has 0 saturated carbocycles. The Labute approximate surface area is 147 Å². The highest BCUT2D eigenvalue weighted by molar-refractivity contribution is 7.88. The number of amides is 1. The first-order valence-electron chi connectivity index (χ1n) is 8.39. The van der Waals surface area contributed by atoms with Gasteiger partial charge in [-0.15, -0.1) is 11.3 Å². The first-order chi connectivity index (χ1) is 11.3. The molecular formula is C16H25N3O3S2. The van der Waals surface area contributed by atoms with E-state index in [2.05, 4.69) is 21.1 Å². The molecule has 1 aromatic heterocycles. The number of hydrogen-bond donors (Lipinski definition) is 1. The number of nitrogens with zero attached hydrogens (tertiary/aromatic N) is 2. The minimum Gasteiger partial charge on any atom is -0.337 e. The summed E-state index contributed by atoms with van der Waals surface area (Å²) in [5.74, 6) is 0.145. The standard InChI is InChI=1S/C16H25N3O3S2/c1-12(18-7-3-4-14(11-18)17-24(2,21)22)16(20)19-8-5-15-13(10-19)6-9-23-15/h6,9,12,14,17H,3-5,7-8,10-11H2,1-2H3/t12-,14+/m0/s1. The van der Waals surface area contributed by atoms with E-state index in [1.165, 1.54) is 16.7 Å². The average Bonchev–Trinajstić information content (AvgIpc) is 2.99. The maximum absolute atomic E-state index is 12.9. The predicted molar refractivity (Wildman–Crippen MR) is 95.5 cm³/mol. The molecule has 0 aromatic carbocycles. The van der Waals surface area contributed by atoms with Gasteiger partial charge in [0.2, 0.25) is 15.9 Å². The Kier molecular flexibility index (Phi) is 5.29. The van der Waals surface area contributed by atoms with E-state index in [0.29, 0.717) is 13.1 Å². The second-order valence-electron chi connectivity index (χ2n) is 6.78. The van der Waals surface area contributed by atoms with Crippen LogP contribution in [0.5, 0.6) is 0 Å².